The first kappa shape index (κ1) is 26.7. The number of nitrogens with zero attached hydrogens (tertiary/aromatic N) is 1. The van der Waals surface area contributed by atoms with Gasteiger partial charge in [-0.2, -0.15) is 13.2 Å². The molecule has 0 unspecified atom stereocenters. The summed E-state index contributed by atoms with van der Waals surface area (Å²) < 4.78 is 83.2. The van der Waals surface area contributed by atoms with Crippen molar-refractivity contribution in [2.45, 2.75) is 11.1 Å². The zero-order valence-corrected chi connectivity index (χ0v) is 20.3. The Morgan fingerprint density at radius 2 is 1.56 bits per heavy atom. The Balaban J connectivity index is 2.03. The molecule has 0 saturated heterocycles. The largest absolute Gasteiger partial charge is 0.497 e. The molecule has 0 aliphatic rings. The number of hydrogen-bond acceptors (Lipinski definition) is 6. The zero-order valence-electron chi connectivity index (χ0n) is 19.5. The van der Waals surface area contributed by atoms with Gasteiger partial charge in [0.15, 0.2) is 11.5 Å². The minimum Gasteiger partial charge on any atom is -0.497 e. The fourth-order valence-corrected chi connectivity index (χ4v) is 4.69. The molecule has 192 valence electrons. The van der Waals surface area contributed by atoms with Crippen LogP contribution < -0.4 is 23.8 Å². The fraction of sp³-hybridized carbons (Fsp3) is 0.208. The predicted octanol–water partition coefficient (Wildman–Crippen LogP) is 4.57. The van der Waals surface area contributed by atoms with Crippen LogP contribution in [0.2, 0.25) is 0 Å². The van der Waals surface area contributed by atoms with Crippen molar-refractivity contribution in [2.24, 2.45) is 0 Å². The van der Waals surface area contributed by atoms with Gasteiger partial charge in [0, 0.05) is 11.8 Å². The first-order valence-electron chi connectivity index (χ1n) is 10.4. The van der Waals surface area contributed by atoms with Crippen LogP contribution in [0.4, 0.5) is 24.5 Å². The van der Waals surface area contributed by atoms with Crippen LogP contribution in [0.5, 0.6) is 17.2 Å². The molecule has 0 heterocycles. The average Bonchev–Trinajstić information content (AvgIpc) is 2.86. The highest BCUT2D eigenvalue weighted by molar-refractivity contribution is 7.92. The second-order valence-electron chi connectivity index (χ2n) is 7.35. The van der Waals surface area contributed by atoms with Gasteiger partial charge < -0.3 is 19.5 Å². The van der Waals surface area contributed by atoms with Gasteiger partial charge in [-0.1, -0.05) is 6.07 Å². The molecule has 0 aliphatic heterocycles. The quantitative estimate of drug-likeness (QED) is 0.441. The number of anilines is 2. The number of nitrogens with one attached hydrogen (secondary N) is 1. The molecule has 1 amide bonds. The molecule has 36 heavy (non-hydrogen) atoms. The number of ether oxygens (including phenoxy) is 3. The van der Waals surface area contributed by atoms with Crippen LogP contribution in [0.15, 0.2) is 71.6 Å². The Kier molecular flexibility index (Phi) is 7.98. The van der Waals surface area contributed by atoms with E-state index in [1.807, 2.05) is 0 Å². The Hall–Kier alpha value is -3.93. The Morgan fingerprint density at radius 3 is 2.14 bits per heavy atom. The van der Waals surface area contributed by atoms with Crippen LogP contribution in [0.25, 0.3) is 0 Å². The number of benzene rings is 3. The van der Waals surface area contributed by atoms with E-state index < -0.39 is 34.2 Å². The van der Waals surface area contributed by atoms with Crippen LogP contribution in [0, 0.1) is 0 Å². The summed E-state index contributed by atoms with van der Waals surface area (Å²) in [7, 11) is -0.378. The Labute approximate surface area is 206 Å². The molecule has 0 spiro atoms. The molecule has 0 radical (unpaired) electrons. The van der Waals surface area contributed by atoms with Crippen LogP contribution >= 0.6 is 0 Å². The molecule has 0 aromatic heterocycles. The maximum Gasteiger partial charge on any atom is 0.416 e. The monoisotopic (exact) mass is 524 g/mol. The summed E-state index contributed by atoms with van der Waals surface area (Å²) in [4.78, 5) is 12.5. The zero-order chi connectivity index (χ0) is 26.5. The molecule has 0 aliphatic carbocycles. The number of rotatable bonds is 9. The fourth-order valence-electron chi connectivity index (χ4n) is 3.26. The van der Waals surface area contributed by atoms with E-state index in [2.05, 4.69) is 5.32 Å². The van der Waals surface area contributed by atoms with Gasteiger partial charge in [0.25, 0.3) is 10.0 Å². The van der Waals surface area contributed by atoms with Crippen LogP contribution in [0.3, 0.4) is 0 Å². The van der Waals surface area contributed by atoms with E-state index in [1.54, 1.807) is 12.1 Å². The van der Waals surface area contributed by atoms with E-state index in [0.717, 1.165) is 18.2 Å². The lowest BCUT2D eigenvalue weighted by Gasteiger charge is -2.25. The van der Waals surface area contributed by atoms with Crippen LogP contribution in [0.1, 0.15) is 5.56 Å². The van der Waals surface area contributed by atoms with Gasteiger partial charge in [-0.15, -0.1) is 0 Å². The summed E-state index contributed by atoms with van der Waals surface area (Å²) in [5.41, 5.74) is -1.07. The highest BCUT2D eigenvalue weighted by atomic mass is 32.2. The van der Waals surface area contributed by atoms with Crippen molar-refractivity contribution >= 4 is 27.3 Å². The van der Waals surface area contributed by atoms with Crippen LogP contribution in [-0.4, -0.2) is 42.2 Å². The van der Waals surface area contributed by atoms with Gasteiger partial charge in [0.05, 0.1) is 37.5 Å². The van der Waals surface area contributed by atoms with Gasteiger partial charge in [0.2, 0.25) is 5.91 Å². The van der Waals surface area contributed by atoms with Crippen molar-refractivity contribution in [1.29, 1.82) is 0 Å². The highest BCUT2D eigenvalue weighted by Crippen LogP contribution is 2.35. The number of methoxy groups -OCH3 is 3. The molecule has 0 bridgehead atoms. The smallest absolute Gasteiger partial charge is 0.416 e. The van der Waals surface area contributed by atoms with Gasteiger partial charge in [-0.3, -0.25) is 9.10 Å². The van der Waals surface area contributed by atoms with Gasteiger partial charge in [0.1, 0.15) is 12.3 Å². The maximum atomic E-state index is 13.6. The minimum atomic E-state index is -4.72. The summed E-state index contributed by atoms with van der Waals surface area (Å²) in [6, 6.07) is 13.7. The minimum absolute atomic E-state index is 0.0882. The number of carbonyl (C=O) groups is 1. The van der Waals surface area contributed by atoms with E-state index in [4.69, 9.17) is 14.2 Å². The lowest BCUT2D eigenvalue weighted by molar-refractivity contribution is -0.137. The highest BCUT2D eigenvalue weighted by Gasteiger charge is 2.33. The SMILES string of the molecule is COc1ccc(NC(=O)CN(c2cccc(C(F)(F)F)c2)S(=O)(=O)c2ccc(OC)c(OC)c2)cc1. The summed E-state index contributed by atoms with van der Waals surface area (Å²) in [6.07, 6.45) is -4.72. The molecule has 0 fully saturated rings. The van der Waals surface area contributed by atoms with Crippen molar-refractivity contribution in [3.63, 3.8) is 0 Å². The molecular weight excluding hydrogens is 501 g/mol. The van der Waals surface area contributed by atoms with Crippen molar-refractivity contribution in [2.75, 3.05) is 37.5 Å². The first-order valence-corrected chi connectivity index (χ1v) is 11.8. The second-order valence-corrected chi connectivity index (χ2v) is 9.22. The van der Waals surface area contributed by atoms with E-state index in [9.17, 15) is 26.4 Å². The molecule has 3 aromatic rings. The van der Waals surface area contributed by atoms with E-state index in [1.165, 1.54) is 51.7 Å². The summed E-state index contributed by atoms with van der Waals surface area (Å²) in [5, 5.41) is 2.54. The number of hydrogen-bond donors (Lipinski definition) is 1. The normalized spacial score (nSPS) is 11.5. The number of sulfonamides is 1. The number of amides is 1. The van der Waals surface area contributed by atoms with Crippen molar-refractivity contribution in [3.8, 4) is 17.2 Å². The molecule has 0 atom stereocenters. The predicted molar refractivity (Wildman–Crippen MR) is 127 cm³/mol. The Morgan fingerprint density at radius 1 is 0.889 bits per heavy atom. The summed E-state index contributed by atoms with van der Waals surface area (Å²) in [5.74, 6) is 0.0980. The molecular formula is C24H23F3N2O6S. The van der Waals surface area contributed by atoms with Crippen molar-refractivity contribution in [3.05, 3.63) is 72.3 Å². The van der Waals surface area contributed by atoms with E-state index in [0.29, 0.717) is 21.8 Å². The van der Waals surface area contributed by atoms with Crippen molar-refractivity contribution in [1.82, 2.24) is 0 Å². The molecule has 0 saturated carbocycles. The topological polar surface area (TPSA) is 94.2 Å². The van der Waals surface area contributed by atoms with E-state index >= 15 is 0 Å². The number of carbonyl (C=O) groups excluding carboxylic acids is 1. The summed E-state index contributed by atoms with van der Waals surface area (Å²) in [6.45, 7) is -0.802. The molecule has 12 heteroatoms. The first-order chi connectivity index (χ1) is 17.0. The third-order valence-corrected chi connectivity index (χ3v) is 6.84. The van der Waals surface area contributed by atoms with E-state index in [-0.39, 0.29) is 22.1 Å². The van der Waals surface area contributed by atoms with Gasteiger partial charge in [-0.25, -0.2) is 8.42 Å². The number of alkyl halides is 3. The molecule has 8 nitrogen and oxygen atoms in total. The lowest BCUT2D eigenvalue weighted by atomic mass is 10.2. The third kappa shape index (κ3) is 6.00. The van der Waals surface area contributed by atoms with Gasteiger partial charge in [-0.05, 0) is 54.6 Å². The molecule has 3 rings (SSSR count). The molecule has 3 aromatic carbocycles. The lowest BCUT2D eigenvalue weighted by Crippen LogP contribution is -2.38. The second kappa shape index (κ2) is 10.8. The third-order valence-electron chi connectivity index (χ3n) is 5.07. The van der Waals surface area contributed by atoms with Crippen molar-refractivity contribution < 1.29 is 40.6 Å². The average molecular weight is 525 g/mol. The standard InChI is InChI=1S/C24H23F3N2O6S/c1-33-19-9-7-17(8-10-19)28-23(30)15-29(18-6-4-5-16(13-18)24(25,26)27)36(31,32)20-11-12-21(34-2)22(14-20)35-3/h4-14H,15H2,1-3H3,(H,28,30). The Bertz CT molecular complexity index is 1330. The van der Waals surface area contributed by atoms with Gasteiger partial charge >= 0.3 is 6.18 Å². The number of halogens is 3. The maximum absolute atomic E-state index is 13.6. The van der Waals surface area contributed by atoms with Crippen LogP contribution in [-0.2, 0) is 21.0 Å². The summed E-state index contributed by atoms with van der Waals surface area (Å²) >= 11 is 0. The molecule has 1 N–H and O–H groups in total.